The van der Waals surface area contributed by atoms with Crippen LogP contribution in [0.5, 0.6) is 5.75 Å². The molecule has 1 aliphatic rings. The van der Waals surface area contributed by atoms with Crippen molar-refractivity contribution < 1.29 is 14.1 Å². The third kappa shape index (κ3) is 3.81. The van der Waals surface area contributed by atoms with E-state index >= 15 is 0 Å². The molecule has 1 aliphatic heterocycles. The van der Waals surface area contributed by atoms with Crippen LogP contribution in [0.4, 0.5) is 10.5 Å². The average molecular weight is 392 g/mol. The normalized spacial score (nSPS) is 16.1. The SMILES string of the molecule is COc1cccc(-c2noc([C@H]3CCCN3C(=O)Nc3cccc(C)c3C)n2)c1. The zero-order valence-corrected chi connectivity index (χ0v) is 16.8. The van der Waals surface area contributed by atoms with Crippen molar-refractivity contribution in [2.75, 3.05) is 19.0 Å². The predicted molar refractivity (Wildman–Crippen MR) is 110 cm³/mol. The van der Waals surface area contributed by atoms with Gasteiger partial charge in [0, 0.05) is 17.8 Å². The van der Waals surface area contributed by atoms with Gasteiger partial charge in [-0.05, 0) is 56.0 Å². The molecule has 7 heteroatoms. The monoisotopic (exact) mass is 392 g/mol. The number of ether oxygens (including phenoxy) is 1. The topological polar surface area (TPSA) is 80.5 Å². The van der Waals surface area contributed by atoms with E-state index in [1.54, 1.807) is 12.0 Å². The molecule has 1 fully saturated rings. The second-order valence-corrected chi connectivity index (χ2v) is 7.22. The number of amides is 2. The van der Waals surface area contributed by atoms with Gasteiger partial charge in [0.05, 0.1) is 7.11 Å². The Morgan fingerprint density at radius 1 is 1.24 bits per heavy atom. The first-order valence-electron chi connectivity index (χ1n) is 9.68. The quantitative estimate of drug-likeness (QED) is 0.694. The minimum atomic E-state index is -0.230. The van der Waals surface area contributed by atoms with Gasteiger partial charge >= 0.3 is 6.03 Å². The number of urea groups is 1. The van der Waals surface area contributed by atoms with E-state index in [0.29, 0.717) is 18.3 Å². The van der Waals surface area contributed by atoms with Gasteiger partial charge in [-0.1, -0.05) is 29.4 Å². The second kappa shape index (κ2) is 7.95. The highest BCUT2D eigenvalue weighted by molar-refractivity contribution is 5.90. The Bertz CT molecular complexity index is 1030. The zero-order chi connectivity index (χ0) is 20.4. The Labute approximate surface area is 169 Å². The van der Waals surface area contributed by atoms with Crippen molar-refractivity contribution in [3.05, 3.63) is 59.5 Å². The number of benzene rings is 2. The van der Waals surface area contributed by atoms with Crippen molar-refractivity contribution in [2.45, 2.75) is 32.7 Å². The number of aromatic nitrogens is 2. The Morgan fingerprint density at radius 3 is 2.90 bits per heavy atom. The number of aryl methyl sites for hydroxylation is 1. The van der Waals surface area contributed by atoms with Gasteiger partial charge in [0.2, 0.25) is 11.7 Å². The first-order chi connectivity index (χ1) is 14.1. The van der Waals surface area contributed by atoms with E-state index in [4.69, 9.17) is 9.26 Å². The Balaban J connectivity index is 1.53. The lowest BCUT2D eigenvalue weighted by Gasteiger charge is -2.23. The van der Waals surface area contributed by atoms with Gasteiger partial charge in [0.15, 0.2) is 0 Å². The van der Waals surface area contributed by atoms with E-state index in [1.807, 2.05) is 56.3 Å². The molecule has 2 aromatic carbocycles. The van der Waals surface area contributed by atoms with Crippen LogP contribution in [0.2, 0.25) is 0 Å². The number of anilines is 1. The van der Waals surface area contributed by atoms with Gasteiger partial charge in [0.1, 0.15) is 11.8 Å². The van der Waals surface area contributed by atoms with Crippen LogP contribution in [-0.2, 0) is 0 Å². The van der Waals surface area contributed by atoms with E-state index in [-0.39, 0.29) is 12.1 Å². The Kier molecular flexibility index (Phi) is 5.20. The molecule has 1 atom stereocenters. The smallest absolute Gasteiger partial charge is 0.322 e. The molecule has 0 unspecified atom stereocenters. The molecule has 7 nitrogen and oxygen atoms in total. The van der Waals surface area contributed by atoms with Crippen molar-refractivity contribution >= 4 is 11.7 Å². The van der Waals surface area contributed by atoms with Gasteiger partial charge in [-0.25, -0.2) is 4.79 Å². The van der Waals surface area contributed by atoms with Gasteiger partial charge in [0.25, 0.3) is 0 Å². The Morgan fingerprint density at radius 2 is 2.07 bits per heavy atom. The third-order valence-corrected chi connectivity index (χ3v) is 5.41. The van der Waals surface area contributed by atoms with Crippen molar-refractivity contribution in [3.63, 3.8) is 0 Å². The summed E-state index contributed by atoms with van der Waals surface area (Å²) in [7, 11) is 1.62. The summed E-state index contributed by atoms with van der Waals surface area (Å²) >= 11 is 0. The molecule has 3 aromatic rings. The molecule has 1 aromatic heterocycles. The maximum atomic E-state index is 12.9. The van der Waals surface area contributed by atoms with Crippen molar-refractivity contribution in [2.24, 2.45) is 0 Å². The number of rotatable bonds is 4. The number of hydrogen-bond donors (Lipinski definition) is 1. The highest BCUT2D eigenvalue weighted by Gasteiger charge is 2.34. The molecule has 0 saturated carbocycles. The van der Waals surface area contributed by atoms with Crippen LogP contribution in [-0.4, -0.2) is 34.7 Å². The molecule has 0 aliphatic carbocycles. The minimum Gasteiger partial charge on any atom is -0.497 e. The first kappa shape index (κ1) is 19.0. The molecular weight excluding hydrogens is 368 g/mol. The third-order valence-electron chi connectivity index (χ3n) is 5.41. The Hall–Kier alpha value is -3.35. The molecule has 150 valence electrons. The van der Waals surface area contributed by atoms with Gasteiger partial charge in [-0.3, -0.25) is 0 Å². The molecule has 0 radical (unpaired) electrons. The molecule has 2 amide bonds. The molecule has 1 saturated heterocycles. The number of nitrogens with zero attached hydrogens (tertiary/aromatic N) is 3. The number of nitrogens with one attached hydrogen (secondary N) is 1. The fourth-order valence-corrected chi connectivity index (χ4v) is 3.59. The van der Waals surface area contributed by atoms with Crippen LogP contribution in [0.25, 0.3) is 11.4 Å². The fraction of sp³-hybridized carbons (Fsp3) is 0.318. The van der Waals surface area contributed by atoms with Gasteiger partial charge < -0.3 is 19.5 Å². The van der Waals surface area contributed by atoms with Gasteiger partial charge in [-0.15, -0.1) is 0 Å². The summed E-state index contributed by atoms with van der Waals surface area (Å²) in [5.41, 5.74) is 3.84. The molecule has 1 N–H and O–H groups in total. The standard InChI is InChI=1S/C22H24N4O3/c1-14-7-4-10-18(15(14)2)23-22(27)26-12-6-11-19(26)21-24-20(25-29-21)16-8-5-9-17(13-16)28-3/h4-5,7-10,13,19H,6,11-12H2,1-3H3,(H,23,27)/t19-/m1/s1. The maximum absolute atomic E-state index is 12.9. The average Bonchev–Trinajstić information content (AvgIpc) is 3.40. The molecule has 0 bridgehead atoms. The van der Waals surface area contributed by atoms with Crippen molar-refractivity contribution in [3.8, 4) is 17.1 Å². The summed E-state index contributed by atoms with van der Waals surface area (Å²) in [6, 6.07) is 13.0. The summed E-state index contributed by atoms with van der Waals surface area (Å²) < 4.78 is 10.8. The van der Waals surface area contributed by atoms with Crippen LogP contribution in [0.1, 0.15) is 35.9 Å². The zero-order valence-electron chi connectivity index (χ0n) is 16.8. The van der Waals surface area contributed by atoms with E-state index in [2.05, 4.69) is 15.5 Å². The summed E-state index contributed by atoms with van der Waals surface area (Å²) in [6.07, 6.45) is 1.68. The predicted octanol–water partition coefficient (Wildman–Crippen LogP) is 4.73. The van der Waals surface area contributed by atoms with Crippen molar-refractivity contribution in [1.82, 2.24) is 15.0 Å². The highest BCUT2D eigenvalue weighted by atomic mass is 16.5. The second-order valence-electron chi connectivity index (χ2n) is 7.22. The van der Waals surface area contributed by atoms with Crippen LogP contribution in [0, 0.1) is 13.8 Å². The summed E-state index contributed by atoms with van der Waals surface area (Å²) in [5, 5.41) is 7.14. The maximum Gasteiger partial charge on any atom is 0.322 e. The van der Waals surface area contributed by atoms with Crippen molar-refractivity contribution in [1.29, 1.82) is 0 Å². The van der Waals surface area contributed by atoms with E-state index < -0.39 is 0 Å². The van der Waals surface area contributed by atoms with Crippen LogP contribution in [0.3, 0.4) is 0 Å². The first-order valence-corrected chi connectivity index (χ1v) is 9.68. The van der Waals surface area contributed by atoms with Crippen LogP contribution < -0.4 is 10.1 Å². The summed E-state index contributed by atoms with van der Waals surface area (Å²) in [5.74, 6) is 1.67. The lowest BCUT2D eigenvalue weighted by molar-refractivity contribution is 0.193. The largest absolute Gasteiger partial charge is 0.497 e. The number of methoxy groups -OCH3 is 1. The molecule has 0 spiro atoms. The molecule has 29 heavy (non-hydrogen) atoms. The molecule has 4 rings (SSSR count). The fourth-order valence-electron chi connectivity index (χ4n) is 3.59. The lowest BCUT2D eigenvalue weighted by Crippen LogP contribution is -2.34. The highest BCUT2D eigenvalue weighted by Crippen LogP contribution is 2.33. The summed E-state index contributed by atoms with van der Waals surface area (Å²) in [4.78, 5) is 19.3. The van der Waals surface area contributed by atoms with Crippen LogP contribution in [0.15, 0.2) is 47.0 Å². The molecule has 2 heterocycles. The number of carbonyl (C=O) groups excluding carboxylic acids is 1. The van der Waals surface area contributed by atoms with E-state index in [9.17, 15) is 4.79 Å². The number of carbonyl (C=O) groups is 1. The van der Waals surface area contributed by atoms with E-state index in [0.717, 1.165) is 41.0 Å². The minimum absolute atomic E-state index is 0.151. The lowest BCUT2D eigenvalue weighted by atomic mass is 10.1. The number of likely N-dealkylation sites (tertiary alicyclic amines) is 1. The van der Waals surface area contributed by atoms with Crippen LogP contribution >= 0.6 is 0 Å². The van der Waals surface area contributed by atoms with E-state index in [1.165, 1.54) is 0 Å². The van der Waals surface area contributed by atoms with Gasteiger partial charge in [-0.2, -0.15) is 4.98 Å². The molecular formula is C22H24N4O3. The number of hydrogen-bond acceptors (Lipinski definition) is 5. The summed E-state index contributed by atoms with van der Waals surface area (Å²) in [6.45, 7) is 4.69.